The van der Waals surface area contributed by atoms with Gasteiger partial charge in [0.1, 0.15) is 11.5 Å². The van der Waals surface area contributed by atoms with Crippen LogP contribution in [-0.2, 0) is 14.2 Å². The highest BCUT2D eigenvalue weighted by molar-refractivity contribution is 14.0. The number of hydrogen-bond acceptors (Lipinski definition) is 6. The molecule has 178 valence electrons. The molecule has 2 aliphatic heterocycles. The van der Waals surface area contributed by atoms with Gasteiger partial charge in [-0.3, -0.25) is 9.89 Å². The highest BCUT2D eigenvalue weighted by Gasteiger charge is 2.27. The lowest BCUT2D eigenvalue weighted by Gasteiger charge is -2.36. The molecule has 0 aromatic carbocycles. The first-order chi connectivity index (χ1) is 14.7. The first-order valence-corrected chi connectivity index (χ1v) is 11.2. The fourth-order valence-corrected chi connectivity index (χ4v) is 4.14. The van der Waals surface area contributed by atoms with Crippen LogP contribution in [0.3, 0.4) is 0 Å². The fourth-order valence-electron chi connectivity index (χ4n) is 4.14. The van der Waals surface area contributed by atoms with Crippen LogP contribution in [0.15, 0.2) is 21.5 Å². The highest BCUT2D eigenvalue weighted by atomic mass is 127. The van der Waals surface area contributed by atoms with Gasteiger partial charge in [-0.05, 0) is 38.3 Å². The van der Waals surface area contributed by atoms with Gasteiger partial charge in [-0.2, -0.15) is 0 Å². The van der Waals surface area contributed by atoms with E-state index in [0.717, 1.165) is 95.9 Å². The van der Waals surface area contributed by atoms with Gasteiger partial charge in [-0.25, -0.2) is 0 Å². The number of nitrogens with zero attached hydrogens (tertiary/aromatic N) is 3. The molecule has 3 rings (SSSR count). The summed E-state index contributed by atoms with van der Waals surface area (Å²) in [7, 11) is 3.59. The topological polar surface area (TPSA) is 71.7 Å². The number of likely N-dealkylation sites (tertiary alicyclic amines) is 1. The third-order valence-electron chi connectivity index (χ3n) is 5.83. The van der Waals surface area contributed by atoms with Gasteiger partial charge in [0.2, 0.25) is 0 Å². The number of furan rings is 1. The van der Waals surface area contributed by atoms with Gasteiger partial charge in [0, 0.05) is 60.1 Å². The minimum absolute atomic E-state index is 0. The quantitative estimate of drug-likeness (QED) is 0.220. The molecule has 3 heterocycles. The number of hydrogen-bond donors (Lipinski definition) is 1. The zero-order valence-electron chi connectivity index (χ0n) is 19.2. The van der Waals surface area contributed by atoms with Crippen molar-refractivity contribution in [2.24, 2.45) is 4.99 Å². The monoisotopic (exact) mass is 550 g/mol. The number of aliphatic imine (C=N–C) groups is 1. The Bertz CT molecular complexity index is 643. The maximum absolute atomic E-state index is 5.99. The van der Waals surface area contributed by atoms with Gasteiger partial charge in [-0.15, -0.1) is 24.0 Å². The second kappa shape index (κ2) is 14.3. The number of nitrogens with one attached hydrogen (secondary N) is 1. The van der Waals surface area contributed by atoms with Crippen LogP contribution < -0.4 is 5.32 Å². The Morgan fingerprint density at radius 1 is 1.19 bits per heavy atom. The lowest BCUT2D eigenvalue weighted by atomic mass is 10.1. The van der Waals surface area contributed by atoms with Crippen molar-refractivity contribution in [3.05, 3.63) is 23.7 Å². The van der Waals surface area contributed by atoms with Crippen LogP contribution in [0.4, 0.5) is 0 Å². The van der Waals surface area contributed by atoms with E-state index in [1.165, 1.54) is 0 Å². The molecule has 31 heavy (non-hydrogen) atoms. The van der Waals surface area contributed by atoms with Crippen LogP contribution >= 0.6 is 24.0 Å². The zero-order valence-corrected chi connectivity index (χ0v) is 21.5. The van der Waals surface area contributed by atoms with Crippen LogP contribution in [0.2, 0.25) is 0 Å². The molecule has 1 aromatic rings. The van der Waals surface area contributed by atoms with Crippen LogP contribution in [0.1, 0.15) is 36.8 Å². The molecule has 0 amide bonds. The molecule has 9 heteroatoms. The summed E-state index contributed by atoms with van der Waals surface area (Å²) in [5.74, 6) is 2.90. The Kier molecular flexibility index (Phi) is 12.2. The summed E-state index contributed by atoms with van der Waals surface area (Å²) < 4.78 is 22.6. The van der Waals surface area contributed by atoms with Crippen molar-refractivity contribution in [2.75, 3.05) is 73.3 Å². The average Bonchev–Trinajstić information content (AvgIpc) is 3.21. The minimum Gasteiger partial charge on any atom is -0.465 e. The molecule has 0 bridgehead atoms. The summed E-state index contributed by atoms with van der Waals surface area (Å²) in [4.78, 5) is 9.30. The summed E-state index contributed by atoms with van der Waals surface area (Å²) in [6.07, 6.45) is 3.34. The lowest BCUT2D eigenvalue weighted by molar-refractivity contribution is 0.00856. The lowest BCUT2D eigenvalue weighted by Crippen LogP contribution is -2.50. The summed E-state index contributed by atoms with van der Waals surface area (Å²) in [5, 5.41) is 3.60. The van der Waals surface area contributed by atoms with Crippen molar-refractivity contribution in [1.29, 1.82) is 0 Å². The van der Waals surface area contributed by atoms with Crippen LogP contribution in [-0.4, -0.2) is 95.2 Å². The Morgan fingerprint density at radius 2 is 1.94 bits per heavy atom. The van der Waals surface area contributed by atoms with Crippen molar-refractivity contribution in [3.8, 4) is 0 Å². The van der Waals surface area contributed by atoms with Gasteiger partial charge >= 0.3 is 0 Å². The highest BCUT2D eigenvalue weighted by Crippen LogP contribution is 2.23. The van der Waals surface area contributed by atoms with E-state index in [0.29, 0.717) is 6.10 Å². The maximum atomic E-state index is 5.99. The predicted molar refractivity (Wildman–Crippen MR) is 132 cm³/mol. The van der Waals surface area contributed by atoms with E-state index in [9.17, 15) is 0 Å². The van der Waals surface area contributed by atoms with Gasteiger partial charge in [-0.1, -0.05) is 0 Å². The van der Waals surface area contributed by atoms with Crippen LogP contribution in [0, 0.1) is 6.92 Å². The molecule has 0 saturated carbocycles. The number of morpholine rings is 1. The van der Waals surface area contributed by atoms with Crippen molar-refractivity contribution in [3.63, 3.8) is 0 Å². The second-order valence-corrected chi connectivity index (χ2v) is 7.94. The van der Waals surface area contributed by atoms with Gasteiger partial charge in [0.15, 0.2) is 5.96 Å². The van der Waals surface area contributed by atoms with Crippen LogP contribution in [0.25, 0.3) is 0 Å². The van der Waals surface area contributed by atoms with Gasteiger partial charge in [0.25, 0.3) is 0 Å². The minimum atomic E-state index is 0. The van der Waals surface area contributed by atoms with Crippen molar-refractivity contribution in [2.45, 2.75) is 38.3 Å². The van der Waals surface area contributed by atoms with Crippen molar-refractivity contribution >= 4 is 29.9 Å². The molecule has 2 fully saturated rings. The largest absolute Gasteiger partial charge is 0.465 e. The number of guanidine groups is 1. The molecule has 2 saturated heterocycles. The molecule has 0 aliphatic carbocycles. The first kappa shape index (κ1) is 26.4. The third-order valence-corrected chi connectivity index (χ3v) is 5.83. The van der Waals surface area contributed by atoms with Crippen molar-refractivity contribution in [1.82, 2.24) is 15.1 Å². The fraction of sp³-hybridized carbons (Fsp3) is 0.773. The predicted octanol–water partition coefficient (Wildman–Crippen LogP) is 2.67. The first-order valence-electron chi connectivity index (χ1n) is 11.2. The summed E-state index contributed by atoms with van der Waals surface area (Å²) in [6.45, 7) is 9.55. The second-order valence-electron chi connectivity index (χ2n) is 7.94. The molecular formula is C22H39IN4O4. The average molecular weight is 550 g/mol. The number of ether oxygens (including phenoxy) is 3. The summed E-state index contributed by atoms with van der Waals surface area (Å²) >= 11 is 0. The molecule has 1 N–H and O–H groups in total. The molecular weight excluding hydrogens is 511 g/mol. The van der Waals surface area contributed by atoms with E-state index < -0.39 is 0 Å². The summed E-state index contributed by atoms with van der Waals surface area (Å²) in [5.41, 5.74) is 0. The molecule has 2 aliphatic rings. The molecule has 0 radical (unpaired) electrons. The molecule has 8 nitrogen and oxygen atoms in total. The van der Waals surface area contributed by atoms with E-state index in [2.05, 4.69) is 26.2 Å². The molecule has 1 unspecified atom stereocenters. The SMILES string of the molecule is CN=C(NCC(c1ccc(C)o1)N1CCOCC1)N1CCC(OCCCOC)CC1.I. The van der Waals surface area contributed by atoms with E-state index in [4.69, 9.17) is 18.6 Å². The summed E-state index contributed by atoms with van der Waals surface area (Å²) in [6, 6.07) is 4.29. The number of aryl methyl sites for hydroxylation is 1. The van der Waals surface area contributed by atoms with Gasteiger partial charge < -0.3 is 28.8 Å². The van der Waals surface area contributed by atoms with E-state index >= 15 is 0 Å². The number of rotatable bonds is 9. The van der Waals surface area contributed by atoms with Crippen LogP contribution in [0.5, 0.6) is 0 Å². The smallest absolute Gasteiger partial charge is 0.193 e. The van der Waals surface area contributed by atoms with Gasteiger partial charge in [0.05, 0.1) is 25.4 Å². The number of piperidine rings is 1. The normalized spacial score (nSPS) is 19.8. The maximum Gasteiger partial charge on any atom is 0.193 e. The number of halogens is 1. The third kappa shape index (κ3) is 8.20. The standard InChI is InChI=1S/C22H38N4O4.HI/c1-18-5-6-21(30-18)20(25-11-15-28-16-12-25)17-24-22(23-2)26-9-7-19(8-10-26)29-14-4-13-27-3;/h5-6,19-20H,4,7-17H2,1-3H3,(H,23,24);1H. The molecule has 1 aromatic heterocycles. The van der Waals surface area contributed by atoms with E-state index in [1.54, 1.807) is 7.11 Å². The Balaban J connectivity index is 0.00000341. The van der Waals surface area contributed by atoms with Crippen molar-refractivity contribution < 1.29 is 18.6 Å². The zero-order chi connectivity index (χ0) is 21.2. The number of methoxy groups -OCH3 is 1. The molecule has 1 atom stereocenters. The Labute approximate surface area is 203 Å². The van der Waals surface area contributed by atoms with E-state index in [1.807, 2.05) is 20.0 Å². The van der Waals surface area contributed by atoms with E-state index in [-0.39, 0.29) is 30.0 Å². The Hall–Kier alpha value is -0.880. The molecule has 0 spiro atoms. The Morgan fingerprint density at radius 3 is 2.55 bits per heavy atom.